The van der Waals surface area contributed by atoms with Gasteiger partial charge in [0.05, 0.1) is 19.4 Å². The minimum absolute atomic E-state index is 0.172. The molecule has 0 aliphatic carbocycles. The first-order chi connectivity index (χ1) is 11.1. The van der Waals surface area contributed by atoms with E-state index in [9.17, 15) is 9.59 Å². The molecule has 0 N–H and O–H groups in total. The number of methoxy groups -OCH3 is 1. The fourth-order valence-electron chi connectivity index (χ4n) is 2.91. The second-order valence-corrected chi connectivity index (χ2v) is 5.46. The lowest BCUT2D eigenvalue weighted by molar-refractivity contribution is -0.153. The zero-order chi connectivity index (χ0) is 16.8. The van der Waals surface area contributed by atoms with Gasteiger partial charge in [-0.1, -0.05) is 12.1 Å². The fraction of sp³-hybridized carbons (Fsp3) is 0.529. The summed E-state index contributed by atoms with van der Waals surface area (Å²) in [6.45, 7) is 6.17. The number of benzene rings is 1. The molecule has 0 saturated carbocycles. The molecule has 1 aliphatic rings. The molecule has 0 bridgehead atoms. The maximum Gasteiger partial charge on any atom is 0.331 e. The number of carbonyl (C=O) groups is 2. The van der Waals surface area contributed by atoms with Crippen molar-refractivity contribution in [3.05, 3.63) is 24.3 Å². The summed E-state index contributed by atoms with van der Waals surface area (Å²) in [5.41, 5.74) is 1.03. The van der Waals surface area contributed by atoms with Crippen LogP contribution in [-0.2, 0) is 14.3 Å². The number of carbonyl (C=O) groups excluding carboxylic acids is 2. The molecular weight excluding hydrogens is 296 g/mol. The van der Waals surface area contributed by atoms with Crippen LogP contribution in [0, 0.1) is 0 Å². The second kappa shape index (κ2) is 7.97. The highest BCUT2D eigenvalue weighted by atomic mass is 16.5. The smallest absolute Gasteiger partial charge is 0.331 e. The number of Topliss-reactive ketones (excluding diaryl/α,β-unsaturated/α-hetero) is 1. The standard InChI is InChI=1S/C17H24N2O4/c1-4-23-17(21)16(13(2)20)19-11-9-18(10-12-19)14-7-5-6-8-15(14)22-3/h5-8,16H,4,9-12H2,1-3H3. The van der Waals surface area contributed by atoms with Crippen molar-refractivity contribution >= 4 is 17.4 Å². The highest BCUT2D eigenvalue weighted by molar-refractivity contribution is 6.01. The summed E-state index contributed by atoms with van der Waals surface area (Å²) >= 11 is 0. The Bertz CT molecular complexity index is 553. The van der Waals surface area contributed by atoms with Gasteiger partial charge in [0.15, 0.2) is 11.8 Å². The topological polar surface area (TPSA) is 59.1 Å². The molecule has 126 valence electrons. The number of esters is 1. The minimum atomic E-state index is -0.797. The van der Waals surface area contributed by atoms with Gasteiger partial charge in [-0.2, -0.15) is 0 Å². The van der Waals surface area contributed by atoms with E-state index in [2.05, 4.69) is 4.90 Å². The number of nitrogens with zero attached hydrogens (tertiary/aromatic N) is 2. The Morgan fingerprint density at radius 1 is 1.17 bits per heavy atom. The van der Waals surface area contributed by atoms with Gasteiger partial charge in [0.25, 0.3) is 0 Å². The summed E-state index contributed by atoms with van der Waals surface area (Å²) in [6.07, 6.45) is 0. The van der Waals surface area contributed by atoms with Crippen molar-refractivity contribution in [2.75, 3.05) is 44.8 Å². The van der Waals surface area contributed by atoms with E-state index in [1.807, 2.05) is 29.2 Å². The molecule has 0 radical (unpaired) electrons. The third-order valence-electron chi connectivity index (χ3n) is 4.00. The largest absolute Gasteiger partial charge is 0.495 e. The van der Waals surface area contributed by atoms with E-state index in [-0.39, 0.29) is 12.4 Å². The maximum atomic E-state index is 12.0. The highest BCUT2D eigenvalue weighted by Gasteiger charge is 2.33. The van der Waals surface area contributed by atoms with E-state index < -0.39 is 12.0 Å². The van der Waals surface area contributed by atoms with Gasteiger partial charge >= 0.3 is 5.97 Å². The van der Waals surface area contributed by atoms with E-state index >= 15 is 0 Å². The molecule has 2 rings (SSSR count). The van der Waals surface area contributed by atoms with Crippen LogP contribution in [0.2, 0.25) is 0 Å². The van der Waals surface area contributed by atoms with Crippen LogP contribution in [0.15, 0.2) is 24.3 Å². The molecule has 1 heterocycles. The van der Waals surface area contributed by atoms with E-state index in [0.717, 1.165) is 24.5 Å². The van der Waals surface area contributed by atoms with Crippen molar-refractivity contribution in [1.82, 2.24) is 4.90 Å². The number of piperazine rings is 1. The molecule has 1 fully saturated rings. The summed E-state index contributed by atoms with van der Waals surface area (Å²) < 4.78 is 10.4. The van der Waals surface area contributed by atoms with Crippen LogP contribution >= 0.6 is 0 Å². The maximum absolute atomic E-state index is 12.0. The molecule has 0 aromatic heterocycles. The molecule has 6 nitrogen and oxygen atoms in total. The van der Waals surface area contributed by atoms with Gasteiger partial charge < -0.3 is 14.4 Å². The van der Waals surface area contributed by atoms with E-state index in [1.54, 1.807) is 14.0 Å². The normalized spacial score (nSPS) is 16.7. The molecule has 0 spiro atoms. The number of para-hydroxylation sites is 2. The van der Waals surface area contributed by atoms with Crippen molar-refractivity contribution in [3.63, 3.8) is 0 Å². The minimum Gasteiger partial charge on any atom is -0.495 e. The van der Waals surface area contributed by atoms with Gasteiger partial charge in [-0.05, 0) is 26.0 Å². The van der Waals surface area contributed by atoms with Crippen molar-refractivity contribution < 1.29 is 19.1 Å². The Kier molecular flexibility index (Phi) is 5.98. The molecule has 1 aromatic rings. The van der Waals surface area contributed by atoms with Crippen LogP contribution < -0.4 is 9.64 Å². The second-order valence-electron chi connectivity index (χ2n) is 5.46. The average Bonchev–Trinajstić information content (AvgIpc) is 2.55. The van der Waals surface area contributed by atoms with Crippen molar-refractivity contribution in [2.45, 2.75) is 19.9 Å². The fourth-order valence-corrected chi connectivity index (χ4v) is 2.91. The monoisotopic (exact) mass is 320 g/mol. The lowest BCUT2D eigenvalue weighted by Crippen LogP contribution is -2.55. The summed E-state index contributed by atoms with van der Waals surface area (Å²) in [4.78, 5) is 28.0. The summed E-state index contributed by atoms with van der Waals surface area (Å²) in [7, 11) is 1.65. The highest BCUT2D eigenvalue weighted by Crippen LogP contribution is 2.28. The predicted octanol–water partition coefficient (Wildman–Crippen LogP) is 1.34. The first-order valence-corrected chi connectivity index (χ1v) is 7.87. The zero-order valence-corrected chi connectivity index (χ0v) is 13.9. The van der Waals surface area contributed by atoms with Crippen LogP contribution in [0.25, 0.3) is 0 Å². The van der Waals surface area contributed by atoms with Crippen LogP contribution in [-0.4, -0.2) is 62.6 Å². The van der Waals surface area contributed by atoms with E-state index in [4.69, 9.17) is 9.47 Å². The molecule has 1 unspecified atom stereocenters. The Balaban J connectivity index is 2.04. The molecule has 1 aromatic carbocycles. The van der Waals surface area contributed by atoms with Crippen molar-refractivity contribution in [1.29, 1.82) is 0 Å². The van der Waals surface area contributed by atoms with Gasteiger partial charge in [-0.3, -0.25) is 9.69 Å². The third-order valence-corrected chi connectivity index (χ3v) is 4.00. The first kappa shape index (κ1) is 17.3. The Morgan fingerprint density at radius 2 is 1.83 bits per heavy atom. The van der Waals surface area contributed by atoms with E-state index in [0.29, 0.717) is 13.1 Å². The van der Waals surface area contributed by atoms with Gasteiger partial charge in [-0.15, -0.1) is 0 Å². The first-order valence-electron chi connectivity index (χ1n) is 7.87. The molecule has 1 aliphatic heterocycles. The number of anilines is 1. The predicted molar refractivity (Wildman–Crippen MR) is 87.9 cm³/mol. The Hall–Kier alpha value is -2.08. The lowest BCUT2D eigenvalue weighted by atomic mass is 10.1. The molecule has 23 heavy (non-hydrogen) atoms. The van der Waals surface area contributed by atoms with Gasteiger partial charge in [0.2, 0.25) is 0 Å². The van der Waals surface area contributed by atoms with Crippen LogP contribution in [0.4, 0.5) is 5.69 Å². The van der Waals surface area contributed by atoms with Crippen molar-refractivity contribution in [3.8, 4) is 5.75 Å². The number of ketones is 1. The average molecular weight is 320 g/mol. The molecular formula is C17H24N2O4. The lowest BCUT2D eigenvalue weighted by Gasteiger charge is -2.38. The molecule has 6 heteroatoms. The van der Waals surface area contributed by atoms with Crippen molar-refractivity contribution in [2.24, 2.45) is 0 Å². The number of hydrogen-bond donors (Lipinski definition) is 0. The SMILES string of the molecule is CCOC(=O)C(C(C)=O)N1CCN(c2ccccc2OC)CC1. The molecule has 1 saturated heterocycles. The van der Waals surface area contributed by atoms with Crippen LogP contribution in [0.3, 0.4) is 0 Å². The molecule has 1 atom stereocenters. The zero-order valence-electron chi connectivity index (χ0n) is 13.9. The Morgan fingerprint density at radius 3 is 2.39 bits per heavy atom. The molecule has 0 amide bonds. The quantitative estimate of drug-likeness (QED) is 0.582. The Labute approximate surface area is 137 Å². The number of ether oxygens (including phenoxy) is 2. The number of hydrogen-bond acceptors (Lipinski definition) is 6. The van der Waals surface area contributed by atoms with Gasteiger partial charge in [-0.25, -0.2) is 4.79 Å². The van der Waals surface area contributed by atoms with Crippen LogP contribution in [0.1, 0.15) is 13.8 Å². The summed E-state index contributed by atoms with van der Waals surface area (Å²) in [6, 6.07) is 7.06. The number of rotatable bonds is 6. The summed E-state index contributed by atoms with van der Waals surface area (Å²) in [5.74, 6) is 0.203. The summed E-state index contributed by atoms with van der Waals surface area (Å²) in [5, 5.41) is 0. The van der Waals surface area contributed by atoms with E-state index in [1.165, 1.54) is 6.92 Å². The van der Waals surface area contributed by atoms with Crippen LogP contribution in [0.5, 0.6) is 5.75 Å². The third kappa shape index (κ3) is 4.01. The van der Waals surface area contributed by atoms with Gasteiger partial charge in [0.1, 0.15) is 5.75 Å². The van der Waals surface area contributed by atoms with Gasteiger partial charge in [0, 0.05) is 26.2 Å².